The molecular weight excluding hydrogens is 632 g/mol. The van der Waals surface area contributed by atoms with Crippen LogP contribution >= 0.6 is 0 Å². The number of terminal acetylenes is 1. The van der Waals surface area contributed by atoms with Gasteiger partial charge in [-0.05, 0) is 41.3 Å². The summed E-state index contributed by atoms with van der Waals surface area (Å²) in [5.74, 6) is 2.78. The van der Waals surface area contributed by atoms with Gasteiger partial charge in [0.05, 0.1) is 50.6 Å². The Bertz CT molecular complexity index is 1820. The summed E-state index contributed by atoms with van der Waals surface area (Å²) in [6.07, 6.45) is 7.71. The molecule has 3 aliphatic rings. The Kier molecular flexibility index (Phi) is 10.3. The number of nitrogens with one attached hydrogen (secondary N) is 1. The fraction of sp³-hybridized carbons (Fsp3) is 0.395. The number of morpholine rings is 1. The number of aromatic hydroxyl groups is 1. The molecule has 12 heteroatoms. The van der Waals surface area contributed by atoms with Crippen molar-refractivity contribution < 1.29 is 19.4 Å². The Balaban J connectivity index is 1.16. The van der Waals surface area contributed by atoms with Crippen LogP contribution in [0.4, 0.5) is 4.79 Å². The van der Waals surface area contributed by atoms with E-state index in [1.165, 1.54) is 0 Å². The van der Waals surface area contributed by atoms with Gasteiger partial charge in [-0.25, -0.2) is 9.80 Å². The average molecular weight is 677 g/mol. The summed E-state index contributed by atoms with van der Waals surface area (Å²) in [4.78, 5) is 34.6. The second-order valence-corrected chi connectivity index (χ2v) is 13.2. The predicted octanol–water partition coefficient (Wildman–Crippen LogP) is 2.73. The summed E-state index contributed by atoms with van der Waals surface area (Å²) in [6.45, 7) is 7.27. The number of urea groups is 1. The van der Waals surface area contributed by atoms with Gasteiger partial charge in [-0.3, -0.25) is 19.3 Å². The van der Waals surface area contributed by atoms with Crippen LogP contribution in [0, 0.1) is 12.3 Å². The summed E-state index contributed by atoms with van der Waals surface area (Å²) in [6, 6.07) is 22.7. The van der Waals surface area contributed by atoms with Gasteiger partial charge in [0, 0.05) is 51.2 Å². The van der Waals surface area contributed by atoms with E-state index in [4.69, 9.17) is 16.3 Å². The van der Waals surface area contributed by atoms with Crippen molar-refractivity contribution in [1.29, 1.82) is 0 Å². The van der Waals surface area contributed by atoms with E-state index in [1.807, 2.05) is 53.6 Å². The maximum Gasteiger partial charge on any atom is 0.334 e. The van der Waals surface area contributed by atoms with Crippen molar-refractivity contribution in [2.45, 2.75) is 38.3 Å². The number of ether oxygens (including phenoxy) is 1. The average Bonchev–Trinajstić information content (AvgIpc) is 3.55. The second-order valence-electron chi connectivity index (χ2n) is 13.2. The number of nitrogens with zero attached hydrogens (tertiary/aromatic N) is 7. The minimum absolute atomic E-state index is 0.00841. The van der Waals surface area contributed by atoms with E-state index in [0.717, 1.165) is 67.0 Å². The van der Waals surface area contributed by atoms with Gasteiger partial charge in [-0.15, -0.1) is 6.42 Å². The van der Waals surface area contributed by atoms with Crippen LogP contribution in [0.15, 0.2) is 79.0 Å². The SMILES string of the molecule is C#CCN1CC(=O)N2[C@@H](Cc3ccc(O)cc3)CN(Cc3cccc4c3cnn4CCN3CCOCC3)C[C@@H]2N1C(=O)NCc1ccccc1. The normalized spacial score (nSPS) is 20.5. The molecule has 2 N–H and O–H groups in total. The van der Waals surface area contributed by atoms with E-state index in [9.17, 15) is 14.7 Å². The highest BCUT2D eigenvalue weighted by Crippen LogP contribution is 2.30. The van der Waals surface area contributed by atoms with Crippen LogP contribution in [0.5, 0.6) is 5.75 Å². The van der Waals surface area contributed by atoms with Crippen molar-refractivity contribution in [3.63, 3.8) is 0 Å². The Morgan fingerprint density at radius 2 is 1.76 bits per heavy atom. The van der Waals surface area contributed by atoms with Gasteiger partial charge < -0.3 is 20.1 Å². The van der Waals surface area contributed by atoms with Crippen LogP contribution in [0.1, 0.15) is 16.7 Å². The highest BCUT2D eigenvalue weighted by atomic mass is 16.5. The standard InChI is InChI=1S/C38H44N8O4/c1-2-15-43-28-37(48)45-32(22-29-11-13-33(47)14-12-29)26-42(27-36(45)46(43)38(49)39-23-30-7-4-3-5-8-30)25-31-9-6-10-35-34(31)24-40-44(35)17-16-41-18-20-50-21-19-41/h1,3-14,24,32,36,47H,15-23,25-28H2,(H,39,49)/t32-,36-/m0/s1. The molecule has 0 bridgehead atoms. The highest BCUT2D eigenvalue weighted by molar-refractivity contribution is 5.83. The van der Waals surface area contributed by atoms with Crippen LogP contribution in [-0.2, 0) is 35.6 Å². The lowest BCUT2D eigenvalue weighted by Gasteiger charge is -2.55. The van der Waals surface area contributed by atoms with Gasteiger partial charge in [-0.2, -0.15) is 10.1 Å². The first-order chi connectivity index (χ1) is 24.5. The Labute approximate surface area is 292 Å². The molecule has 12 nitrogen and oxygen atoms in total. The number of carbonyl (C=O) groups is 2. The topological polar surface area (TPSA) is 110 Å². The third kappa shape index (κ3) is 7.46. The van der Waals surface area contributed by atoms with Crippen LogP contribution < -0.4 is 5.32 Å². The van der Waals surface area contributed by atoms with E-state index in [2.05, 4.69) is 43.9 Å². The summed E-state index contributed by atoms with van der Waals surface area (Å²) in [5.41, 5.74) is 4.20. The maximum atomic E-state index is 14.0. The number of piperazine rings is 1. The lowest BCUT2D eigenvalue weighted by Crippen LogP contribution is -2.75. The van der Waals surface area contributed by atoms with E-state index >= 15 is 0 Å². The highest BCUT2D eigenvalue weighted by Gasteiger charge is 2.48. The molecule has 260 valence electrons. The number of phenolic OH excluding ortho intramolecular Hbond substituents is 1. The Morgan fingerprint density at radius 1 is 0.960 bits per heavy atom. The quantitative estimate of drug-likeness (QED) is 0.247. The molecular formula is C38H44N8O4. The number of benzene rings is 3. The third-order valence-corrected chi connectivity index (χ3v) is 9.88. The molecule has 4 aromatic rings. The molecule has 3 aromatic carbocycles. The van der Waals surface area contributed by atoms with Gasteiger partial charge in [-0.1, -0.05) is 60.5 Å². The first kappa shape index (κ1) is 33.6. The van der Waals surface area contributed by atoms with E-state index in [1.54, 1.807) is 22.2 Å². The molecule has 7 rings (SSSR count). The van der Waals surface area contributed by atoms with Crippen molar-refractivity contribution in [3.05, 3.63) is 95.7 Å². The van der Waals surface area contributed by atoms with Crippen molar-refractivity contribution >= 4 is 22.8 Å². The molecule has 3 aliphatic heterocycles. The smallest absolute Gasteiger partial charge is 0.334 e. The van der Waals surface area contributed by atoms with Crippen molar-refractivity contribution in [1.82, 2.24) is 39.8 Å². The molecule has 3 amide bonds. The van der Waals surface area contributed by atoms with Gasteiger partial charge in [0.25, 0.3) is 0 Å². The molecule has 0 unspecified atom stereocenters. The van der Waals surface area contributed by atoms with Crippen LogP contribution in [0.2, 0.25) is 0 Å². The third-order valence-electron chi connectivity index (χ3n) is 9.88. The number of carbonyl (C=O) groups excluding carboxylic acids is 2. The molecule has 3 saturated heterocycles. The van der Waals surface area contributed by atoms with E-state index in [0.29, 0.717) is 32.6 Å². The van der Waals surface area contributed by atoms with Crippen LogP contribution in [0.3, 0.4) is 0 Å². The van der Waals surface area contributed by atoms with Crippen molar-refractivity contribution in [2.24, 2.45) is 0 Å². The van der Waals surface area contributed by atoms with E-state index < -0.39 is 6.17 Å². The second kappa shape index (κ2) is 15.3. The fourth-order valence-electron chi connectivity index (χ4n) is 7.42. The number of aromatic nitrogens is 2. The molecule has 3 fully saturated rings. The van der Waals surface area contributed by atoms with Crippen LogP contribution in [-0.4, -0.2) is 123 Å². The summed E-state index contributed by atoms with van der Waals surface area (Å²) in [7, 11) is 0. The first-order valence-electron chi connectivity index (χ1n) is 17.3. The maximum absolute atomic E-state index is 14.0. The number of hydrazine groups is 1. The van der Waals surface area contributed by atoms with Crippen molar-refractivity contribution in [3.8, 4) is 18.1 Å². The zero-order valence-electron chi connectivity index (χ0n) is 28.2. The predicted molar refractivity (Wildman–Crippen MR) is 189 cm³/mol. The first-order valence-corrected chi connectivity index (χ1v) is 17.3. The molecule has 0 spiro atoms. The minimum atomic E-state index is -0.577. The minimum Gasteiger partial charge on any atom is -0.508 e. The summed E-state index contributed by atoms with van der Waals surface area (Å²) in [5, 5.41) is 22.2. The monoisotopic (exact) mass is 676 g/mol. The number of rotatable bonds is 10. The fourth-order valence-corrected chi connectivity index (χ4v) is 7.42. The molecule has 4 heterocycles. The Morgan fingerprint density at radius 3 is 2.54 bits per heavy atom. The lowest BCUT2D eigenvalue weighted by atomic mass is 9.98. The Hall–Kier alpha value is -4.93. The zero-order valence-corrected chi connectivity index (χ0v) is 28.2. The number of phenols is 1. The largest absolute Gasteiger partial charge is 0.508 e. The molecule has 0 radical (unpaired) electrons. The number of hydrogen-bond donors (Lipinski definition) is 2. The molecule has 1 aromatic heterocycles. The summed E-state index contributed by atoms with van der Waals surface area (Å²) < 4.78 is 7.59. The van der Waals surface area contributed by atoms with Crippen LogP contribution in [0.25, 0.3) is 10.9 Å². The van der Waals surface area contributed by atoms with Gasteiger partial charge in [0.15, 0.2) is 0 Å². The van der Waals surface area contributed by atoms with E-state index in [-0.39, 0.29) is 36.8 Å². The van der Waals surface area contributed by atoms with Gasteiger partial charge in [0.1, 0.15) is 11.9 Å². The number of amides is 3. The number of fused-ring (bicyclic) bond motifs is 2. The summed E-state index contributed by atoms with van der Waals surface area (Å²) >= 11 is 0. The zero-order chi connectivity index (χ0) is 34.5. The van der Waals surface area contributed by atoms with Gasteiger partial charge in [0.2, 0.25) is 5.91 Å². The molecule has 0 aliphatic carbocycles. The molecule has 2 atom stereocenters. The lowest BCUT2D eigenvalue weighted by molar-refractivity contribution is -0.182. The van der Waals surface area contributed by atoms with Gasteiger partial charge >= 0.3 is 6.03 Å². The van der Waals surface area contributed by atoms with Crippen molar-refractivity contribution in [2.75, 3.05) is 59.0 Å². The molecule has 50 heavy (non-hydrogen) atoms. The number of hydrogen-bond acceptors (Lipinski definition) is 8. The molecule has 0 saturated carbocycles.